The van der Waals surface area contributed by atoms with Crippen LogP contribution in [0.1, 0.15) is 21.8 Å². The molecular formula is C20H20N4O3S2. The molecule has 4 N–H and O–H groups in total. The Morgan fingerprint density at radius 2 is 1.83 bits per heavy atom. The monoisotopic (exact) mass is 428 g/mol. The maximum absolute atomic E-state index is 12.3. The Labute approximate surface area is 176 Å². The van der Waals surface area contributed by atoms with Crippen molar-refractivity contribution in [1.82, 2.24) is 10.3 Å². The van der Waals surface area contributed by atoms with E-state index in [-0.39, 0.29) is 30.5 Å². The summed E-state index contributed by atoms with van der Waals surface area (Å²) in [7, 11) is 0. The SMILES string of the molecule is NC(=O)CCNC(=O)c1ccccc1NC(=O)CSCc1nc2ccccc2s1. The van der Waals surface area contributed by atoms with E-state index in [1.165, 1.54) is 11.8 Å². The number of hydrogen-bond donors (Lipinski definition) is 3. The first-order valence-corrected chi connectivity index (χ1v) is 10.9. The zero-order valence-corrected chi connectivity index (χ0v) is 17.1. The van der Waals surface area contributed by atoms with Gasteiger partial charge >= 0.3 is 0 Å². The highest BCUT2D eigenvalue weighted by molar-refractivity contribution is 7.99. The summed E-state index contributed by atoms with van der Waals surface area (Å²) in [6.45, 7) is 0.147. The van der Waals surface area contributed by atoms with Gasteiger partial charge in [0.1, 0.15) is 5.01 Å². The first kappa shape index (κ1) is 20.8. The average Bonchev–Trinajstić information content (AvgIpc) is 3.10. The second-order valence-electron chi connectivity index (χ2n) is 6.13. The third-order valence-corrected chi connectivity index (χ3v) is 6.06. The van der Waals surface area contributed by atoms with Crippen molar-refractivity contribution in [3.05, 3.63) is 59.1 Å². The molecule has 0 unspecified atom stereocenters. The van der Waals surface area contributed by atoms with Gasteiger partial charge in [-0.2, -0.15) is 0 Å². The van der Waals surface area contributed by atoms with Crippen LogP contribution in [0.15, 0.2) is 48.5 Å². The third-order valence-electron chi connectivity index (χ3n) is 3.90. The summed E-state index contributed by atoms with van der Waals surface area (Å²) in [6.07, 6.45) is 0.0582. The standard InChI is InChI=1S/C20H20N4O3S2/c21-17(25)9-10-22-20(27)13-5-1-2-6-14(13)23-18(26)11-28-12-19-24-15-7-3-4-8-16(15)29-19/h1-8H,9-12H2,(H2,21,25)(H,22,27)(H,23,26). The van der Waals surface area contributed by atoms with E-state index in [1.807, 2.05) is 24.3 Å². The van der Waals surface area contributed by atoms with E-state index in [2.05, 4.69) is 15.6 Å². The Hall–Kier alpha value is -2.91. The number of para-hydroxylation sites is 2. The zero-order valence-electron chi connectivity index (χ0n) is 15.5. The minimum Gasteiger partial charge on any atom is -0.370 e. The van der Waals surface area contributed by atoms with Gasteiger partial charge in [-0.3, -0.25) is 14.4 Å². The lowest BCUT2D eigenvalue weighted by Crippen LogP contribution is -2.29. The number of thioether (sulfide) groups is 1. The summed E-state index contributed by atoms with van der Waals surface area (Å²) in [4.78, 5) is 39.9. The molecule has 1 heterocycles. The number of carbonyl (C=O) groups is 3. The Bertz CT molecular complexity index is 1000. The number of primary amides is 1. The number of anilines is 1. The van der Waals surface area contributed by atoms with Crippen LogP contribution >= 0.6 is 23.1 Å². The van der Waals surface area contributed by atoms with Crippen molar-refractivity contribution in [2.45, 2.75) is 12.2 Å². The van der Waals surface area contributed by atoms with Crippen LogP contribution in [0, 0.1) is 0 Å². The lowest BCUT2D eigenvalue weighted by Gasteiger charge is -2.11. The van der Waals surface area contributed by atoms with Gasteiger partial charge in [0.05, 0.1) is 27.2 Å². The number of aromatic nitrogens is 1. The molecule has 0 atom stereocenters. The van der Waals surface area contributed by atoms with E-state index in [0.717, 1.165) is 15.2 Å². The van der Waals surface area contributed by atoms with Crippen molar-refractivity contribution in [2.75, 3.05) is 17.6 Å². The fourth-order valence-corrected chi connectivity index (χ4v) is 4.43. The van der Waals surface area contributed by atoms with Crippen molar-refractivity contribution in [2.24, 2.45) is 5.73 Å². The number of carbonyl (C=O) groups excluding carboxylic acids is 3. The molecule has 0 fully saturated rings. The molecule has 0 saturated heterocycles. The van der Waals surface area contributed by atoms with Crippen molar-refractivity contribution in [1.29, 1.82) is 0 Å². The summed E-state index contributed by atoms with van der Waals surface area (Å²) >= 11 is 3.08. The summed E-state index contributed by atoms with van der Waals surface area (Å²) in [5.74, 6) is -0.176. The fourth-order valence-electron chi connectivity index (χ4n) is 2.58. The highest BCUT2D eigenvalue weighted by Crippen LogP contribution is 2.25. The Balaban J connectivity index is 1.52. The number of rotatable bonds is 9. The van der Waals surface area contributed by atoms with Crippen LogP contribution in [-0.4, -0.2) is 35.0 Å². The molecule has 3 aromatic rings. The number of thiazole rings is 1. The first-order valence-electron chi connectivity index (χ1n) is 8.90. The normalized spacial score (nSPS) is 10.6. The molecule has 1 aromatic heterocycles. The quantitative estimate of drug-likeness (QED) is 0.485. The van der Waals surface area contributed by atoms with Crippen molar-refractivity contribution in [3.63, 3.8) is 0 Å². The summed E-state index contributed by atoms with van der Waals surface area (Å²) in [5.41, 5.74) is 6.80. The van der Waals surface area contributed by atoms with Gasteiger partial charge in [-0.15, -0.1) is 23.1 Å². The van der Waals surface area contributed by atoms with E-state index >= 15 is 0 Å². The molecule has 150 valence electrons. The number of nitrogens with zero attached hydrogens (tertiary/aromatic N) is 1. The topological polar surface area (TPSA) is 114 Å². The molecule has 0 aliphatic rings. The molecule has 0 saturated carbocycles. The van der Waals surface area contributed by atoms with Crippen LogP contribution in [0.25, 0.3) is 10.2 Å². The Morgan fingerprint density at radius 1 is 1.07 bits per heavy atom. The van der Waals surface area contributed by atoms with Gasteiger partial charge in [-0.1, -0.05) is 24.3 Å². The molecule has 7 nitrogen and oxygen atoms in total. The van der Waals surface area contributed by atoms with Gasteiger partial charge < -0.3 is 16.4 Å². The molecule has 0 bridgehead atoms. The number of benzene rings is 2. The van der Waals surface area contributed by atoms with Gasteiger partial charge in [0.25, 0.3) is 5.91 Å². The predicted molar refractivity (Wildman–Crippen MR) is 117 cm³/mol. The molecule has 3 rings (SSSR count). The largest absolute Gasteiger partial charge is 0.370 e. The number of nitrogens with one attached hydrogen (secondary N) is 2. The van der Waals surface area contributed by atoms with Crippen LogP contribution in [-0.2, 0) is 15.3 Å². The molecule has 9 heteroatoms. The van der Waals surface area contributed by atoms with Gasteiger partial charge in [0.15, 0.2) is 0 Å². The van der Waals surface area contributed by atoms with E-state index in [1.54, 1.807) is 35.6 Å². The van der Waals surface area contributed by atoms with E-state index < -0.39 is 5.91 Å². The summed E-state index contributed by atoms with van der Waals surface area (Å²) in [6, 6.07) is 14.7. The van der Waals surface area contributed by atoms with Gasteiger partial charge in [-0.25, -0.2) is 4.98 Å². The second-order valence-corrected chi connectivity index (χ2v) is 8.23. The van der Waals surface area contributed by atoms with Crippen molar-refractivity contribution >= 4 is 56.7 Å². The first-order chi connectivity index (χ1) is 14.0. The number of fused-ring (bicyclic) bond motifs is 1. The summed E-state index contributed by atoms with van der Waals surface area (Å²) in [5, 5.41) is 6.36. The number of nitrogens with two attached hydrogens (primary N) is 1. The van der Waals surface area contributed by atoms with Crippen molar-refractivity contribution in [3.8, 4) is 0 Å². The van der Waals surface area contributed by atoms with Crippen LogP contribution in [0.3, 0.4) is 0 Å². The molecule has 0 aliphatic heterocycles. The van der Waals surface area contributed by atoms with Crippen LogP contribution in [0.4, 0.5) is 5.69 Å². The van der Waals surface area contributed by atoms with Crippen LogP contribution in [0.2, 0.25) is 0 Å². The maximum Gasteiger partial charge on any atom is 0.253 e. The number of amides is 3. The molecule has 2 aromatic carbocycles. The van der Waals surface area contributed by atoms with Crippen LogP contribution < -0.4 is 16.4 Å². The van der Waals surface area contributed by atoms with E-state index in [0.29, 0.717) is 17.0 Å². The Morgan fingerprint density at radius 3 is 2.62 bits per heavy atom. The zero-order chi connectivity index (χ0) is 20.6. The molecule has 0 aliphatic carbocycles. The Kier molecular flexibility index (Phi) is 7.20. The van der Waals surface area contributed by atoms with Crippen LogP contribution in [0.5, 0.6) is 0 Å². The maximum atomic E-state index is 12.3. The molecular weight excluding hydrogens is 408 g/mol. The predicted octanol–water partition coefficient (Wildman–Crippen LogP) is 2.77. The highest BCUT2D eigenvalue weighted by Gasteiger charge is 2.13. The van der Waals surface area contributed by atoms with Gasteiger partial charge in [-0.05, 0) is 24.3 Å². The van der Waals surface area contributed by atoms with E-state index in [9.17, 15) is 14.4 Å². The highest BCUT2D eigenvalue weighted by atomic mass is 32.2. The molecule has 3 amide bonds. The van der Waals surface area contributed by atoms with Gasteiger partial charge in [0, 0.05) is 18.7 Å². The smallest absolute Gasteiger partial charge is 0.253 e. The average molecular weight is 429 g/mol. The molecule has 0 radical (unpaired) electrons. The minimum absolute atomic E-state index is 0.0582. The van der Waals surface area contributed by atoms with E-state index in [4.69, 9.17) is 5.73 Å². The van der Waals surface area contributed by atoms with Gasteiger partial charge in [0.2, 0.25) is 11.8 Å². The third kappa shape index (κ3) is 6.03. The fraction of sp³-hybridized carbons (Fsp3) is 0.200. The molecule has 0 spiro atoms. The lowest BCUT2D eigenvalue weighted by molar-refractivity contribution is -0.118. The lowest BCUT2D eigenvalue weighted by atomic mass is 10.1. The number of hydrogen-bond acceptors (Lipinski definition) is 6. The summed E-state index contributed by atoms with van der Waals surface area (Å²) < 4.78 is 1.13. The second kappa shape index (κ2) is 10.0. The van der Waals surface area contributed by atoms with Crippen molar-refractivity contribution < 1.29 is 14.4 Å². The minimum atomic E-state index is -0.489. The molecule has 29 heavy (non-hydrogen) atoms.